The number of hydrogen-bond donors (Lipinski definition) is 4. The van der Waals surface area contributed by atoms with Crippen molar-refractivity contribution in [3.05, 3.63) is 24.0 Å². The van der Waals surface area contributed by atoms with E-state index in [9.17, 15) is 10.2 Å². The highest BCUT2D eigenvalue weighted by Gasteiger charge is 2.36. The van der Waals surface area contributed by atoms with Gasteiger partial charge in [-0.2, -0.15) is 0 Å². The molecule has 4 nitrogen and oxygen atoms in total. The van der Waals surface area contributed by atoms with Crippen LogP contribution >= 0.6 is 0 Å². The quantitative estimate of drug-likeness (QED) is 0.451. The molecular formula is C8H12O4. The van der Waals surface area contributed by atoms with Gasteiger partial charge in [0.25, 0.3) is 0 Å². The molecule has 1 rings (SSSR count). The van der Waals surface area contributed by atoms with Gasteiger partial charge in [0.05, 0.1) is 0 Å². The lowest BCUT2D eigenvalue weighted by Gasteiger charge is -2.30. The van der Waals surface area contributed by atoms with Gasteiger partial charge in [-0.15, -0.1) is 0 Å². The Morgan fingerprint density at radius 1 is 1.50 bits per heavy atom. The van der Waals surface area contributed by atoms with Crippen molar-refractivity contribution in [1.82, 2.24) is 0 Å². The third-order valence-electron chi connectivity index (χ3n) is 1.92. The summed E-state index contributed by atoms with van der Waals surface area (Å²) in [6.07, 6.45) is 2.76. The second-order valence-electron chi connectivity index (χ2n) is 2.82. The number of aliphatic hydroxyl groups excluding tert-OH is 3. The van der Waals surface area contributed by atoms with Crippen molar-refractivity contribution in [2.75, 3.05) is 6.61 Å². The van der Waals surface area contributed by atoms with Gasteiger partial charge < -0.3 is 20.4 Å². The van der Waals surface area contributed by atoms with E-state index in [-0.39, 0.29) is 18.8 Å². The van der Waals surface area contributed by atoms with E-state index < -0.39 is 11.7 Å². The van der Waals surface area contributed by atoms with E-state index in [2.05, 4.69) is 0 Å². The summed E-state index contributed by atoms with van der Waals surface area (Å²) >= 11 is 0. The van der Waals surface area contributed by atoms with Crippen molar-refractivity contribution in [3.8, 4) is 0 Å². The second kappa shape index (κ2) is 3.26. The first-order valence-electron chi connectivity index (χ1n) is 3.70. The summed E-state index contributed by atoms with van der Waals surface area (Å²) in [7, 11) is 0. The summed E-state index contributed by atoms with van der Waals surface area (Å²) in [5, 5.41) is 36.5. The minimum absolute atomic E-state index is 0.00255. The Bertz CT molecular complexity index is 221. The molecule has 0 aromatic carbocycles. The summed E-state index contributed by atoms with van der Waals surface area (Å²) < 4.78 is 0. The molecule has 4 N–H and O–H groups in total. The van der Waals surface area contributed by atoms with Gasteiger partial charge in [-0.1, -0.05) is 6.08 Å². The molecule has 2 atom stereocenters. The maximum Gasteiger partial charge on any atom is 0.143 e. The molecule has 0 saturated carbocycles. The minimum Gasteiger partial charge on any atom is -0.509 e. The molecular weight excluding hydrogens is 160 g/mol. The predicted molar refractivity (Wildman–Crippen MR) is 42.5 cm³/mol. The fraction of sp³-hybridized carbons (Fsp3) is 0.500. The molecule has 0 fully saturated rings. The van der Waals surface area contributed by atoms with Crippen LogP contribution in [0.1, 0.15) is 6.42 Å². The minimum atomic E-state index is -1.53. The molecule has 0 radical (unpaired) electrons. The fourth-order valence-electron chi connectivity index (χ4n) is 1.15. The number of hydrogen-bond acceptors (Lipinski definition) is 4. The third kappa shape index (κ3) is 1.50. The lowest BCUT2D eigenvalue weighted by molar-refractivity contribution is -0.0522. The van der Waals surface area contributed by atoms with E-state index in [1.165, 1.54) is 18.2 Å². The van der Waals surface area contributed by atoms with Crippen molar-refractivity contribution >= 4 is 0 Å². The van der Waals surface area contributed by atoms with E-state index >= 15 is 0 Å². The normalized spacial score (nSPS) is 34.9. The van der Waals surface area contributed by atoms with Crippen molar-refractivity contribution in [3.63, 3.8) is 0 Å². The van der Waals surface area contributed by atoms with Crippen LogP contribution in [0.15, 0.2) is 24.0 Å². The smallest absolute Gasteiger partial charge is 0.143 e. The van der Waals surface area contributed by atoms with Gasteiger partial charge in [-0.05, 0) is 12.2 Å². The Balaban J connectivity index is 2.80. The molecule has 68 valence electrons. The van der Waals surface area contributed by atoms with E-state index in [0.717, 1.165) is 0 Å². The maximum atomic E-state index is 9.61. The Morgan fingerprint density at radius 3 is 2.75 bits per heavy atom. The van der Waals surface area contributed by atoms with Crippen molar-refractivity contribution in [2.45, 2.75) is 18.1 Å². The van der Waals surface area contributed by atoms with E-state index in [4.69, 9.17) is 10.2 Å². The van der Waals surface area contributed by atoms with Gasteiger partial charge in [-0.3, -0.25) is 0 Å². The average Bonchev–Trinajstić information content (AvgIpc) is 2.01. The summed E-state index contributed by atoms with van der Waals surface area (Å²) in [4.78, 5) is 0. The van der Waals surface area contributed by atoms with Crippen molar-refractivity contribution in [1.29, 1.82) is 0 Å². The van der Waals surface area contributed by atoms with Crippen LogP contribution in [0.25, 0.3) is 0 Å². The first kappa shape index (κ1) is 9.25. The van der Waals surface area contributed by atoms with Crippen LogP contribution in [0.3, 0.4) is 0 Å². The molecule has 0 aromatic rings. The molecule has 0 amide bonds. The molecule has 12 heavy (non-hydrogen) atoms. The average molecular weight is 172 g/mol. The van der Waals surface area contributed by atoms with Gasteiger partial charge in [0.15, 0.2) is 0 Å². The molecule has 0 aromatic heterocycles. The number of rotatable bonds is 2. The largest absolute Gasteiger partial charge is 0.509 e. The monoisotopic (exact) mass is 172 g/mol. The molecule has 1 aliphatic carbocycles. The summed E-state index contributed by atoms with van der Waals surface area (Å²) in [5.41, 5.74) is -1.53. The summed E-state index contributed by atoms with van der Waals surface area (Å²) in [6, 6.07) is 0. The van der Waals surface area contributed by atoms with Crippen LogP contribution in [0.4, 0.5) is 0 Å². The standard InChI is InChI=1S/C8H12O4/c9-5-4-8(12)3-1-2-6(10)7(8)11/h1-3,7,9-12H,4-5H2. The Kier molecular flexibility index (Phi) is 2.52. The van der Waals surface area contributed by atoms with Crippen LogP contribution in [-0.4, -0.2) is 38.7 Å². The first-order chi connectivity index (χ1) is 5.60. The zero-order chi connectivity index (χ0) is 9.19. The number of aliphatic hydroxyl groups is 4. The fourth-order valence-corrected chi connectivity index (χ4v) is 1.15. The molecule has 4 heteroatoms. The van der Waals surface area contributed by atoms with Gasteiger partial charge in [0, 0.05) is 13.0 Å². The molecule has 0 aliphatic heterocycles. The topological polar surface area (TPSA) is 80.9 Å². The Labute approximate surface area is 70.1 Å². The lowest BCUT2D eigenvalue weighted by atomic mass is 9.88. The first-order valence-corrected chi connectivity index (χ1v) is 3.70. The Hall–Kier alpha value is -0.840. The Morgan fingerprint density at radius 2 is 2.17 bits per heavy atom. The van der Waals surface area contributed by atoms with E-state index in [1.807, 2.05) is 0 Å². The molecule has 1 aliphatic rings. The predicted octanol–water partition coefficient (Wildman–Crippen LogP) is -0.528. The molecule has 0 spiro atoms. The van der Waals surface area contributed by atoms with Gasteiger partial charge >= 0.3 is 0 Å². The van der Waals surface area contributed by atoms with Gasteiger partial charge in [0.1, 0.15) is 17.5 Å². The van der Waals surface area contributed by atoms with Crippen LogP contribution in [0.2, 0.25) is 0 Å². The molecule has 0 saturated heterocycles. The third-order valence-corrected chi connectivity index (χ3v) is 1.92. The molecule has 0 heterocycles. The van der Waals surface area contributed by atoms with Crippen LogP contribution < -0.4 is 0 Å². The van der Waals surface area contributed by atoms with Crippen molar-refractivity contribution in [2.24, 2.45) is 0 Å². The lowest BCUT2D eigenvalue weighted by Crippen LogP contribution is -2.43. The number of allylic oxidation sites excluding steroid dienone is 2. The SMILES string of the molecule is OCCC1(O)C=CC=C(O)C1O. The zero-order valence-electron chi connectivity index (χ0n) is 6.51. The van der Waals surface area contributed by atoms with Crippen molar-refractivity contribution < 1.29 is 20.4 Å². The molecule has 2 unspecified atom stereocenters. The highest BCUT2D eigenvalue weighted by atomic mass is 16.4. The summed E-state index contributed by atoms with van der Waals surface area (Å²) in [5.74, 6) is -0.284. The highest BCUT2D eigenvalue weighted by molar-refractivity contribution is 5.25. The van der Waals surface area contributed by atoms with E-state index in [0.29, 0.717) is 0 Å². The van der Waals surface area contributed by atoms with Crippen LogP contribution in [-0.2, 0) is 0 Å². The molecule has 0 bridgehead atoms. The maximum absolute atomic E-state index is 9.61. The van der Waals surface area contributed by atoms with Crippen LogP contribution in [0.5, 0.6) is 0 Å². The van der Waals surface area contributed by atoms with E-state index in [1.54, 1.807) is 0 Å². The zero-order valence-corrected chi connectivity index (χ0v) is 6.51. The van der Waals surface area contributed by atoms with Gasteiger partial charge in [0.2, 0.25) is 0 Å². The summed E-state index contributed by atoms with van der Waals surface area (Å²) in [6.45, 7) is -0.245. The van der Waals surface area contributed by atoms with Gasteiger partial charge in [-0.25, -0.2) is 0 Å². The second-order valence-corrected chi connectivity index (χ2v) is 2.82. The highest BCUT2D eigenvalue weighted by Crippen LogP contribution is 2.25. The van der Waals surface area contributed by atoms with Crippen LogP contribution in [0, 0.1) is 0 Å².